The van der Waals surface area contributed by atoms with Gasteiger partial charge < -0.3 is 4.74 Å². The van der Waals surface area contributed by atoms with Gasteiger partial charge in [-0.1, -0.05) is 63.9 Å². The van der Waals surface area contributed by atoms with Crippen LogP contribution in [0, 0.1) is 11.3 Å². The van der Waals surface area contributed by atoms with E-state index in [1.54, 1.807) is 0 Å². The minimum atomic E-state index is -0.212. The Balaban J connectivity index is 1.97. The second-order valence-electron chi connectivity index (χ2n) is 8.39. The lowest BCUT2D eigenvalue weighted by Crippen LogP contribution is -2.73. The van der Waals surface area contributed by atoms with Crippen LogP contribution in [-0.4, -0.2) is 17.9 Å². The molecule has 0 unspecified atom stereocenters. The number of unbranched alkanes of at least 4 members (excludes halogenated alkanes) is 1. The molecule has 0 radical (unpaired) electrons. The molecule has 1 aliphatic carbocycles. The summed E-state index contributed by atoms with van der Waals surface area (Å²) in [5.41, 5.74) is 1.43. The molecule has 1 N–H and O–H groups in total. The number of hydrogen-bond acceptors (Lipinski definition) is 2. The molecule has 2 heteroatoms. The second-order valence-corrected chi connectivity index (χ2v) is 8.39. The quantitative estimate of drug-likeness (QED) is 0.869. The van der Waals surface area contributed by atoms with Crippen LogP contribution in [-0.2, 0) is 4.74 Å². The predicted molar refractivity (Wildman–Crippen MR) is 91.9 cm³/mol. The average Bonchev–Trinajstić information content (AvgIpc) is 2.82. The third-order valence-electron chi connectivity index (χ3n) is 5.94. The van der Waals surface area contributed by atoms with E-state index in [-0.39, 0.29) is 16.7 Å². The van der Waals surface area contributed by atoms with Crippen LogP contribution in [0.3, 0.4) is 0 Å². The summed E-state index contributed by atoms with van der Waals surface area (Å²) in [6, 6.07) is 11.0. The summed E-state index contributed by atoms with van der Waals surface area (Å²) in [5.74, 6) is 1.13. The zero-order chi connectivity index (χ0) is 16.0. The highest BCUT2D eigenvalue weighted by Gasteiger charge is 2.71. The van der Waals surface area contributed by atoms with Crippen LogP contribution in [0.1, 0.15) is 65.4 Å². The van der Waals surface area contributed by atoms with Crippen molar-refractivity contribution >= 4 is 0 Å². The van der Waals surface area contributed by atoms with Gasteiger partial charge in [0, 0.05) is 16.9 Å². The van der Waals surface area contributed by atoms with Crippen LogP contribution in [0.5, 0.6) is 0 Å². The Morgan fingerprint density at radius 3 is 2.36 bits per heavy atom. The number of rotatable bonds is 4. The van der Waals surface area contributed by atoms with E-state index in [9.17, 15) is 0 Å². The summed E-state index contributed by atoms with van der Waals surface area (Å²) < 4.78 is 6.47. The SMILES string of the molecule is CCCC[C@@H]1[C@@H](c2ccccc2)[C@@]2(NC(C)(C)CO2)C1(C)C. The molecule has 2 nitrogen and oxygen atoms in total. The summed E-state index contributed by atoms with van der Waals surface area (Å²) in [4.78, 5) is 0. The first kappa shape index (κ1) is 16.0. The predicted octanol–water partition coefficient (Wildman–Crippen LogP) is 4.71. The van der Waals surface area contributed by atoms with E-state index < -0.39 is 0 Å². The van der Waals surface area contributed by atoms with E-state index in [1.165, 1.54) is 24.8 Å². The maximum Gasteiger partial charge on any atom is 0.132 e. The van der Waals surface area contributed by atoms with Gasteiger partial charge in [-0.25, -0.2) is 0 Å². The van der Waals surface area contributed by atoms with Gasteiger partial charge in [-0.2, -0.15) is 0 Å². The molecule has 0 amide bonds. The van der Waals surface area contributed by atoms with Crippen molar-refractivity contribution in [1.29, 1.82) is 0 Å². The van der Waals surface area contributed by atoms with Gasteiger partial charge in [-0.15, -0.1) is 0 Å². The van der Waals surface area contributed by atoms with Crippen molar-refractivity contribution in [3.63, 3.8) is 0 Å². The molecule has 1 spiro atoms. The number of benzene rings is 1. The van der Waals surface area contributed by atoms with E-state index in [1.807, 2.05) is 0 Å². The molecule has 1 aromatic carbocycles. The van der Waals surface area contributed by atoms with Crippen molar-refractivity contribution in [2.45, 2.75) is 71.1 Å². The largest absolute Gasteiger partial charge is 0.357 e. The van der Waals surface area contributed by atoms with Gasteiger partial charge in [0.2, 0.25) is 0 Å². The highest BCUT2D eigenvalue weighted by atomic mass is 16.5. The number of nitrogens with one attached hydrogen (secondary N) is 1. The summed E-state index contributed by atoms with van der Waals surface area (Å²) >= 11 is 0. The van der Waals surface area contributed by atoms with Gasteiger partial charge >= 0.3 is 0 Å². The maximum absolute atomic E-state index is 6.47. The standard InChI is InChI=1S/C20H31NO/c1-6-7-13-16-17(15-11-9-8-10-12-15)20(19(16,4)5)21-18(2,3)14-22-20/h8-12,16-17,21H,6-7,13-14H2,1-5H3/t16-,17-,20+/m1/s1. The zero-order valence-corrected chi connectivity index (χ0v) is 14.8. The molecule has 0 bridgehead atoms. The summed E-state index contributed by atoms with van der Waals surface area (Å²) in [6.07, 6.45) is 3.86. The van der Waals surface area contributed by atoms with Gasteiger partial charge in [0.05, 0.1) is 6.61 Å². The fraction of sp³-hybridized carbons (Fsp3) is 0.700. The van der Waals surface area contributed by atoms with Crippen molar-refractivity contribution in [2.75, 3.05) is 6.61 Å². The van der Waals surface area contributed by atoms with Crippen LogP contribution in [0.25, 0.3) is 0 Å². The molecule has 1 heterocycles. The van der Waals surface area contributed by atoms with Crippen LogP contribution < -0.4 is 5.32 Å². The van der Waals surface area contributed by atoms with E-state index in [0.717, 1.165) is 6.61 Å². The van der Waals surface area contributed by atoms with Crippen molar-refractivity contribution < 1.29 is 4.74 Å². The molecule has 1 aliphatic heterocycles. The van der Waals surface area contributed by atoms with Crippen LogP contribution in [0.2, 0.25) is 0 Å². The fourth-order valence-electron chi connectivity index (χ4n) is 4.74. The van der Waals surface area contributed by atoms with Crippen LogP contribution in [0.4, 0.5) is 0 Å². The fourth-order valence-corrected chi connectivity index (χ4v) is 4.74. The molecular weight excluding hydrogens is 270 g/mol. The molecule has 22 heavy (non-hydrogen) atoms. The lowest BCUT2D eigenvalue weighted by Gasteiger charge is -2.65. The molecule has 2 aliphatic rings. The van der Waals surface area contributed by atoms with Gasteiger partial charge in [0.25, 0.3) is 0 Å². The van der Waals surface area contributed by atoms with Gasteiger partial charge in [-0.3, -0.25) is 5.32 Å². The molecule has 1 aromatic rings. The van der Waals surface area contributed by atoms with Crippen LogP contribution >= 0.6 is 0 Å². The summed E-state index contributed by atoms with van der Waals surface area (Å²) in [7, 11) is 0. The molecule has 1 saturated heterocycles. The number of hydrogen-bond donors (Lipinski definition) is 1. The Morgan fingerprint density at radius 1 is 1.14 bits per heavy atom. The van der Waals surface area contributed by atoms with Crippen molar-refractivity contribution in [2.24, 2.45) is 11.3 Å². The second kappa shape index (κ2) is 5.35. The number of ether oxygens (including phenoxy) is 1. The average molecular weight is 301 g/mol. The van der Waals surface area contributed by atoms with E-state index in [0.29, 0.717) is 11.8 Å². The Morgan fingerprint density at radius 2 is 1.82 bits per heavy atom. The minimum absolute atomic E-state index is 0.0556. The Kier molecular flexibility index (Phi) is 3.89. The van der Waals surface area contributed by atoms with Crippen molar-refractivity contribution in [1.82, 2.24) is 5.32 Å². The van der Waals surface area contributed by atoms with Crippen molar-refractivity contribution in [3.8, 4) is 0 Å². The lowest BCUT2D eigenvalue weighted by molar-refractivity contribution is -0.236. The van der Waals surface area contributed by atoms with Gasteiger partial charge in [-0.05, 0) is 31.7 Å². The molecule has 1 saturated carbocycles. The monoisotopic (exact) mass is 301 g/mol. The molecular formula is C20H31NO. The third-order valence-corrected chi connectivity index (χ3v) is 5.94. The lowest BCUT2D eigenvalue weighted by atomic mass is 9.46. The van der Waals surface area contributed by atoms with E-state index in [4.69, 9.17) is 4.74 Å². The van der Waals surface area contributed by atoms with Crippen LogP contribution in [0.15, 0.2) is 30.3 Å². The highest BCUT2D eigenvalue weighted by molar-refractivity contribution is 5.34. The van der Waals surface area contributed by atoms with Gasteiger partial charge in [0.15, 0.2) is 0 Å². The molecule has 122 valence electrons. The van der Waals surface area contributed by atoms with E-state index >= 15 is 0 Å². The highest BCUT2D eigenvalue weighted by Crippen LogP contribution is 2.66. The minimum Gasteiger partial charge on any atom is -0.357 e. The third kappa shape index (κ3) is 2.23. The zero-order valence-electron chi connectivity index (χ0n) is 14.8. The molecule has 3 atom stereocenters. The topological polar surface area (TPSA) is 21.3 Å². The first-order valence-electron chi connectivity index (χ1n) is 8.82. The Bertz CT molecular complexity index is 522. The van der Waals surface area contributed by atoms with Crippen molar-refractivity contribution in [3.05, 3.63) is 35.9 Å². The van der Waals surface area contributed by atoms with E-state index in [2.05, 4.69) is 70.3 Å². The molecule has 0 aromatic heterocycles. The molecule has 2 fully saturated rings. The Hall–Kier alpha value is -0.860. The smallest absolute Gasteiger partial charge is 0.132 e. The summed E-state index contributed by atoms with van der Waals surface area (Å²) in [6.45, 7) is 12.4. The maximum atomic E-state index is 6.47. The normalized spacial score (nSPS) is 35.5. The Labute approximate surface area is 135 Å². The van der Waals surface area contributed by atoms with Gasteiger partial charge in [0.1, 0.15) is 5.72 Å². The first-order valence-corrected chi connectivity index (χ1v) is 8.82. The molecule has 3 rings (SSSR count). The first-order chi connectivity index (χ1) is 10.3. The summed E-state index contributed by atoms with van der Waals surface area (Å²) in [5, 5.41) is 3.87.